The number of hydrogen-bond acceptors (Lipinski definition) is 3. The number of hydrogen-bond donors (Lipinski definition) is 0. The van der Waals surface area contributed by atoms with Gasteiger partial charge in [-0.1, -0.05) is 48.4 Å². The molecule has 0 N–H and O–H groups in total. The summed E-state index contributed by atoms with van der Waals surface area (Å²) in [5.74, 6) is 1.22. The van der Waals surface area contributed by atoms with Crippen molar-refractivity contribution in [1.29, 1.82) is 0 Å². The third-order valence-corrected chi connectivity index (χ3v) is 7.20. The first-order valence-corrected chi connectivity index (χ1v) is 12.5. The van der Waals surface area contributed by atoms with Crippen molar-refractivity contribution in [3.05, 3.63) is 99.6 Å². The highest BCUT2D eigenvalue weighted by molar-refractivity contribution is 7.99. The molecule has 1 atom stereocenters. The van der Waals surface area contributed by atoms with Gasteiger partial charge in [-0.2, -0.15) is 0 Å². The molecule has 1 unspecified atom stereocenters. The van der Waals surface area contributed by atoms with Crippen LogP contribution in [0.2, 0.25) is 5.02 Å². The summed E-state index contributed by atoms with van der Waals surface area (Å²) < 4.78 is 4.76. The average Bonchev–Trinajstić information content (AvgIpc) is 2.80. The van der Waals surface area contributed by atoms with Crippen LogP contribution in [0.4, 0.5) is 0 Å². The van der Waals surface area contributed by atoms with Crippen LogP contribution < -0.4 is 0 Å². The maximum absolute atomic E-state index is 11.6. The SMILES string of the molecule is COC(=O)c1ccc(SCCCCC(Cc2ccc(C)c(C)c2)c2cccc(Cl)c2)cc1. The van der Waals surface area contributed by atoms with Crippen LogP contribution in [-0.4, -0.2) is 18.8 Å². The lowest BCUT2D eigenvalue weighted by Gasteiger charge is -2.19. The predicted octanol–water partition coefficient (Wildman–Crippen LogP) is 8.03. The van der Waals surface area contributed by atoms with Crippen LogP contribution in [0.5, 0.6) is 0 Å². The second kappa shape index (κ2) is 12.1. The zero-order valence-corrected chi connectivity index (χ0v) is 20.6. The van der Waals surface area contributed by atoms with Gasteiger partial charge in [0, 0.05) is 9.92 Å². The first kappa shape index (κ1) is 24.4. The first-order valence-electron chi connectivity index (χ1n) is 11.1. The minimum atomic E-state index is -0.294. The summed E-state index contributed by atoms with van der Waals surface area (Å²) in [6.07, 6.45) is 4.47. The van der Waals surface area contributed by atoms with Crippen LogP contribution in [0.25, 0.3) is 0 Å². The normalized spacial score (nSPS) is 11.9. The fourth-order valence-electron chi connectivity index (χ4n) is 3.85. The van der Waals surface area contributed by atoms with Crippen LogP contribution in [0.1, 0.15) is 57.8 Å². The summed E-state index contributed by atoms with van der Waals surface area (Å²) in [6, 6.07) is 22.8. The molecule has 0 aliphatic rings. The van der Waals surface area contributed by atoms with Gasteiger partial charge >= 0.3 is 5.97 Å². The van der Waals surface area contributed by atoms with Crippen molar-refractivity contribution < 1.29 is 9.53 Å². The van der Waals surface area contributed by atoms with Crippen molar-refractivity contribution in [2.75, 3.05) is 12.9 Å². The number of aryl methyl sites for hydroxylation is 2. The van der Waals surface area contributed by atoms with E-state index in [9.17, 15) is 4.79 Å². The third-order valence-electron chi connectivity index (χ3n) is 5.86. The van der Waals surface area contributed by atoms with Crippen molar-refractivity contribution in [3.63, 3.8) is 0 Å². The van der Waals surface area contributed by atoms with E-state index in [0.717, 1.165) is 36.5 Å². The van der Waals surface area contributed by atoms with Gasteiger partial charge in [0.2, 0.25) is 0 Å². The Balaban J connectivity index is 1.55. The quantitative estimate of drug-likeness (QED) is 0.172. The Kier molecular flexibility index (Phi) is 9.25. The highest BCUT2D eigenvalue weighted by atomic mass is 35.5. The number of carbonyl (C=O) groups excluding carboxylic acids is 1. The van der Waals surface area contributed by atoms with Gasteiger partial charge in [0.15, 0.2) is 0 Å². The monoisotopic (exact) mass is 466 g/mol. The van der Waals surface area contributed by atoms with E-state index in [1.165, 1.54) is 34.3 Å². The van der Waals surface area contributed by atoms with E-state index in [4.69, 9.17) is 16.3 Å². The largest absolute Gasteiger partial charge is 0.465 e. The Hall–Kier alpha value is -2.23. The van der Waals surface area contributed by atoms with Crippen molar-refractivity contribution in [2.24, 2.45) is 0 Å². The fourth-order valence-corrected chi connectivity index (χ4v) is 4.96. The lowest BCUT2D eigenvalue weighted by atomic mass is 9.87. The van der Waals surface area contributed by atoms with Crippen molar-refractivity contribution in [2.45, 2.75) is 50.3 Å². The smallest absolute Gasteiger partial charge is 0.337 e. The summed E-state index contributed by atoms with van der Waals surface area (Å²) >= 11 is 8.13. The molecule has 3 aromatic rings. The van der Waals surface area contributed by atoms with E-state index in [-0.39, 0.29) is 5.97 Å². The third kappa shape index (κ3) is 7.15. The summed E-state index contributed by atoms with van der Waals surface area (Å²) in [6.45, 7) is 4.34. The number of rotatable bonds is 10. The summed E-state index contributed by atoms with van der Waals surface area (Å²) in [4.78, 5) is 12.7. The van der Waals surface area contributed by atoms with Crippen LogP contribution in [0, 0.1) is 13.8 Å². The predicted molar refractivity (Wildman–Crippen MR) is 136 cm³/mol. The molecule has 0 aliphatic carbocycles. The summed E-state index contributed by atoms with van der Waals surface area (Å²) in [7, 11) is 1.40. The van der Waals surface area contributed by atoms with Crippen molar-refractivity contribution >= 4 is 29.3 Å². The number of thioether (sulfide) groups is 1. The number of unbranched alkanes of at least 4 members (excludes halogenated alkanes) is 1. The zero-order valence-electron chi connectivity index (χ0n) is 19.1. The van der Waals surface area contributed by atoms with Gasteiger partial charge < -0.3 is 4.74 Å². The number of ether oxygens (including phenoxy) is 1. The fraction of sp³-hybridized carbons (Fsp3) is 0.321. The van der Waals surface area contributed by atoms with Gasteiger partial charge in [-0.3, -0.25) is 0 Å². The van der Waals surface area contributed by atoms with E-state index in [1.807, 2.05) is 42.1 Å². The minimum absolute atomic E-state index is 0.294. The zero-order chi connectivity index (χ0) is 22.9. The summed E-state index contributed by atoms with van der Waals surface area (Å²) in [5.41, 5.74) is 5.99. The van der Waals surface area contributed by atoms with Crippen LogP contribution in [0.3, 0.4) is 0 Å². The second-order valence-corrected chi connectivity index (χ2v) is 9.84. The Morgan fingerprint density at radius 3 is 2.44 bits per heavy atom. The Morgan fingerprint density at radius 2 is 1.75 bits per heavy atom. The molecule has 3 rings (SSSR count). The number of esters is 1. The van der Waals surface area contributed by atoms with Crippen LogP contribution in [0.15, 0.2) is 71.6 Å². The average molecular weight is 467 g/mol. The van der Waals surface area contributed by atoms with Gasteiger partial charge in [0.25, 0.3) is 0 Å². The van der Waals surface area contributed by atoms with E-state index in [1.54, 1.807) is 0 Å². The molecule has 0 spiro atoms. The Morgan fingerprint density at radius 1 is 0.969 bits per heavy atom. The molecular weight excluding hydrogens is 436 g/mol. The molecule has 0 bridgehead atoms. The Bertz CT molecular complexity index is 1030. The van der Waals surface area contributed by atoms with Gasteiger partial charge in [-0.05, 0) is 103 Å². The summed E-state index contributed by atoms with van der Waals surface area (Å²) in [5, 5.41) is 0.804. The lowest BCUT2D eigenvalue weighted by molar-refractivity contribution is 0.0600. The van der Waals surface area contributed by atoms with Crippen molar-refractivity contribution in [3.8, 4) is 0 Å². The van der Waals surface area contributed by atoms with Crippen molar-refractivity contribution in [1.82, 2.24) is 0 Å². The van der Waals surface area contributed by atoms with Gasteiger partial charge in [0.05, 0.1) is 12.7 Å². The first-order chi connectivity index (χ1) is 15.5. The standard InChI is InChI=1S/C28H31ClO2S/c1-20-10-11-22(17-21(20)2)18-24(25-8-6-9-26(29)19-25)7-4-5-16-32-27-14-12-23(13-15-27)28(30)31-3/h6,8-15,17,19,24H,4-5,7,16,18H2,1-3H3. The highest BCUT2D eigenvalue weighted by Gasteiger charge is 2.14. The van der Waals surface area contributed by atoms with Crippen LogP contribution in [-0.2, 0) is 11.2 Å². The molecule has 0 saturated carbocycles. The molecule has 0 heterocycles. The van der Waals surface area contributed by atoms with Gasteiger partial charge in [-0.15, -0.1) is 11.8 Å². The van der Waals surface area contributed by atoms with E-state index >= 15 is 0 Å². The number of benzene rings is 3. The molecule has 0 radical (unpaired) electrons. The number of carbonyl (C=O) groups is 1. The molecule has 0 aliphatic heterocycles. The number of methoxy groups -OCH3 is 1. The molecule has 0 aromatic heterocycles. The van der Waals surface area contributed by atoms with Gasteiger partial charge in [0.1, 0.15) is 0 Å². The number of halogens is 1. The molecule has 32 heavy (non-hydrogen) atoms. The second-order valence-electron chi connectivity index (χ2n) is 8.23. The maximum Gasteiger partial charge on any atom is 0.337 e. The topological polar surface area (TPSA) is 26.3 Å². The molecule has 0 amide bonds. The van der Waals surface area contributed by atoms with E-state index in [2.05, 4.69) is 50.2 Å². The minimum Gasteiger partial charge on any atom is -0.465 e. The molecule has 3 aromatic carbocycles. The molecule has 168 valence electrons. The molecule has 0 saturated heterocycles. The Labute approximate surface area is 201 Å². The molecular formula is C28H31ClO2S. The van der Waals surface area contributed by atoms with E-state index in [0.29, 0.717) is 11.5 Å². The molecule has 0 fully saturated rings. The highest BCUT2D eigenvalue weighted by Crippen LogP contribution is 2.30. The maximum atomic E-state index is 11.6. The van der Waals surface area contributed by atoms with Crippen LogP contribution >= 0.6 is 23.4 Å². The van der Waals surface area contributed by atoms with E-state index < -0.39 is 0 Å². The molecule has 2 nitrogen and oxygen atoms in total. The lowest BCUT2D eigenvalue weighted by Crippen LogP contribution is -2.04. The van der Waals surface area contributed by atoms with Gasteiger partial charge in [-0.25, -0.2) is 4.79 Å². The molecule has 4 heteroatoms.